The summed E-state index contributed by atoms with van der Waals surface area (Å²) in [7, 11) is -2.17. The van der Waals surface area contributed by atoms with Gasteiger partial charge in [-0.1, -0.05) is 25.1 Å². The van der Waals surface area contributed by atoms with E-state index in [1.165, 1.54) is 35.6 Å². The van der Waals surface area contributed by atoms with Crippen molar-refractivity contribution >= 4 is 22.1 Å². The maximum Gasteiger partial charge on any atom is 0.330 e. The van der Waals surface area contributed by atoms with Gasteiger partial charge < -0.3 is 9.47 Å². The van der Waals surface area contributed by atoms with Crippen LogP contribution in [0.3, 0.4) is 0 Å². The molecule has 6 nitrogen and oxygen atoms in total. The Balaban J connectivity index is 2.00. The van der Waals surface area contributed by atoms with Crippen LogP contribution >= 0.6 is 0 Å². The van der Waals surface area contributed by atoms with Crippen molar-refractivity contribution in [1.82, 2.24) is 4.31 Å². The van der Waals surface area contributed by atoms with E-state index < -0.39 is 21.8 Å². The molecule has 2 aromatic carbocycles. The van der Waals surface area contributed by atoms with Gasteiger partial charge in [-0.25, -0.2) is 17.6 Å². The molecule has 31 heavy (non-hydrogen) atoms. The average molecular weight is 448 g/mol. The van der Waals surface area contributed by atoms with Crippen LogP contribution in [0.5, 0.6) is 0 Å². The molecule has 1 atom stereocenters. The van der Waals surface area contributed by atoms with Crippen molar-refractivity contribution in [2.75, 3.05) is 26.8 Å². The Bertz CT molecular complexity index is 1090. The number of rotatable bonds is 9. The summed E-state index contributed by atoms with van der Waals surface area (Å²) >= 11 is 0. The molecular weight excluding hydrogens is 421 g/mol. The van der Waals surface area contributed by atoms with Crippen LogP contribution in [0.15, 0.2) is 47.4 Å². The van der Waals surface area contributed by atoms with Gasteiger partial charge in [0.05, 0.1) is 24.2 Å². The van der Waals surface area contributed by atoms with Crippen LogP contribution in [-0.2, 0) is 30.7 Å². The van der Waals surface area contributed by atoms with Gasteiger partial charge in [-0.3, -0.25) is 0 Å². The predicted octanol–water partition coefficient (Wildman–Crippen LogP) is 3.65. The zero-order valence-corrected chi connectivity index (χ0v) is 18.6. The minimum absolute atomic E-state index is 0.0590. The molecule has 3 rings (SSSR count). The smallest absolute Gasteiger partial charge is 0.330 e. The van der Waals surface area contributed by atoms with Gasteiger partial charge in [0, 0.05) is 25.2 Å². The summed E-state index contributed by atoms with van der Waals surface area (Å²) in [6.45, 7) is 4.66. The van der Waals surface area contributed by atoms with Crippen molar-refractivity contribution < 1.29 is 27.1 Å². The largest absolute Gasteiger partial charge is 0.463 e. The highest BCUT2D eigenvalue weighted by Gasteiger charge is 2.31. The normalized spacial score (nSPS) is 16.1. The second-order valence-electron chi connectivity index (χ2n) is 7.21. The number of halogens is 1. The van der Waals surface area contributed by atoms with Gasteiger partial charge in [-0.15, -0.1) is 0 Å². The number of carbonyl (C=O) groups is 1. The number of epoxide rings is 1. The van der Waals surface area contributed by atoms with Crippen LogP contribution in [0.1, 0.15) is 25.0 Å². The van der Waals surface area contributed by atoms with E-state index in [0.29, 0.717) is 41.8 Å². The van der Waals surface area contributed by atoms with Crippen LogP contribution < -0.4 is 0 Å². The predicted molar refractivity (Wildman–Crippen MR) is 116 cm³/mol. The third-order valence-electron chi connectivity index (χ3n) is 5.01. The molecule has 0 N–H and O–H groups in total. The van der Waals surface area contributed by atoms with Crippen LogP contribution in [0.2, 0.25) is 0 Å². The van der Waals surface area contributed by atoms with Crippen molar-refractivity contribution in [1.29, 1.82) is 0 Å². The van der Waals surface area contributed by atoms with Crippen molar-refractivity contribution in [2.24, 2.45) is 0 Å². The Hall–Kier alpha value is -2.55. The first-order valence-corrected chi connectivity index (χ1v) is 11.6. The topological polar surface area (TPSA) is 76.2 Å². The number of likely N-dealkylation sites (N-methyl/N-ethyl adjacent to an activating group) is 1. The molecule has 1 aliphatic heterocycles. The number of nitrogens with zero attached hydrogens (tertiary/aromatic N) is 1. The van der Waals surface area contributed by atoms with E-state index in [2.05, 4.69) is 0 Å². The fourth-order valence-corrected chi connectivity index (χ4v) is 4.79. The number of aryl methyl sites for hydroxylation is 1. The van der Waals surface area contributed by atoms with Crippen molar-refractivity contribution in [2.45, 2.75) is 31.3 Å². The first kappa shape index (κ1) is 23.1. The highest BCUT2D eigenvalue weighted by Crippen LogP contribution is 2.32. The molecule has 166 valence electrons. The number of benzene rings is 2. The second-order valence-corrected chi connectivity index (χ2v) is 9.22. The van der Waals surface area contributed by atoms with E-state index in [0.717, 1.165) is 0 Å². The minimum atomic E-state index is -3.70. The summed E-state index contributed by atoms with van der Waals surface area (Å²) in [5, 5.41) is 0. The number of ether oxygens (including phenoxy) is 2. The Morgan fingerprint density at radius 3 is 2.68 bits per heavy atom. The van der Waals surface area contributed by atoms with E-state index >= 15 is 0 Å². The van der Waals surface area contributed by atoms with Crippen LogP contribution in [0.4, 0.5) is 4.39 Å². The van der Waals surface area contributed by atoms with Crippen LogP contribution in [-0.4, -0.2) is 51.6 Å². The number of esters is 1. The van der Waals surface area contributed by atoms with E-state index in [1.54, 1.807) is 31.2 Å². The monoisotopic (exact) mass is 447 g/mol. The van der Waals surface area contributed by atoms with Gasteiger partial charge in [-0.05, 0) is 54.3 Å². The van der Waals surface area contributed by atoms with E-state index in [1.807, 2.05) is 6.92 Å². The fraction of sp³-hybridized carbons (Fsp3) is 0.348. The molecular formula is C23H26FNO5S. The van der Waals surface area contributed by atoms with Crippen LogP contribution in [0, 0.1) is 5.82 Å². The average Bonchev–Trinajstić information content (AvgIpc) is 3.56. The summed E-state index contributed by atoms with van der Waals surface area (Å²) < 4.78 is 52.1. The van der Waals surface area contributed by atoms with Gasteiger partial charge in [0.2, 0.25) is 10.0 Å². The summed E-state index contributed by atoms with van der Waals surface area (Å²) in [4.78, 5) is 11.9. The molecule has 2 aromatic rings. The molecule has 1 unspecified atom stereocenters. The SMILES string of the molecule is CCOC(=O)C=Cc1cccc(F)c1-c1ccc(S(=O)(=O)N(C)CC2CO2)c(CC)c1. The molecule has 0 bridgehead atoms. The first-order valence-electron chi connectivity index (χ1n) is 10.1. The van der Waals surface area contributed by atoms with Crippen molar-refractivity contribution in [3.63, 3.8) is 0 Å². The summed E-state index contributed by atoms with van der Waals surface area (Å²) in [6, 6.07) is 9.36. The summed E-state index contributed by atoms with van der Waals surface area (Å²) in [5.41, 5.74) is 1.91. The van der Waals surface area contributed by atoms with Gasteiger partial charge in [0.25, 0.3) is 0 Å². The minimum Gasteiger partial charge on any atom is -0.463 e. The lowest BCUT2D eigenvalue weighted by atomic mass is 9.96. The molecule has 0 amide bonds. The fourth-order valence-electron chi connectivity index (χ4n) is 3.32. The zero-order chi connectivity index (χ0) is 22.6. The molecule has 8 heteroatoms. The third-order valence-corrected chi connectivity index (χ3v) is 6.94. The quantitative estimate of drug-likeness (QED) is 0.333. The Labute approximate surface area is 182 Å². The Morgan fingerprint density at radius 2 is 2.03 bits per heavy atom. The third kappa shape index (κ3) is 5.39. The lowest BCUT2D eigenvalue weighted by Crippen LogP contribution is -2.31. The molecule has 1 heterocycles. The van der Waals surface area contributed by atoms with Crippen molar-refractivity contribution in [3.8, 4) is 11.1 Å². The van der Waals surface area contributed by atoms with Crippen molar-refractivity contribution in [3.05, 3.63) is 59.4 Å². The molecule has 0 spiro atoms. The number of sulfonamides is 1. The van der Waals surface area contributed by atoms with E-state index in [-0.39, 0.29) is 17.6 Å². The summed E-state index contributed by atoms with van der Waals surface area (Å²) in [6.07, 6.45) is 3.14. The van der Waals surface area contributed by atoms with Gasteiger partial charge >= 0.3 is 5.97 Å². The number of carbonyl (C=O) groups excluding carboxylic acids is 1. The van der Waals surface area contributed by atoms with E-state index in [4.69, 9.17) is 9.47 Å². The Morgan fingerprint density at radius 1 is 1.29 bits per heavy atom. The molecule has 0 aromatic heterocycles. The zero-order valence-electron chi connectivity index (χ0n) is 17.8. The van der Waals surface area contributed by atoms with Crippen LogP contribution in [0.25, 0.3) is 17.2 Å². The maximum absolute atomic E-state index is 14.8. The highest BCUT2D eigenvalue weighted by atomic mass is 32.2. The van der Waals surface area contributed by atoms with E-state index in [9.17, 15) is 17.6 Å². The molecule has 1 saturated heterocycles. The van der Waals surface area contributed by atoms with Gasteiger partial charge in [-0.2, -0.15) is 4.31 Å². The molecule has 0 saturated carbocycles. The number of hydrogen-bond donors (Lipinski definition) is 0. The molecule has 1 fully saturated rings. The standard InChI is InChI=1S/C23H26FNO5S/c1-4-16-13-18(9-11-21(16)31(27,28)25(3)14-19-15-30-19)23-17(7-6-8-20(23)24)10-12-22(26)29-5-2/h6-13,19H,4-5,14-15H2,1-3H3. The molecule has 1 aliphatic rings. The second kappa shape index (κ2) is 9.72. The molecule has 0 aliphatic carbocycles. The lowest BCUT2D eigenvalue weighted by Gasteiger charge is -2.19. The lowest BCUT2D eigenvalue weighted by molar-refractivity contribution is -0.137. The first-order chi connectivity index (χ1) is 14.8. The molecule has 0 radical (unpaired) electrons. The maximum atomic E-state index is 14.8. The highest BCUT2D eigenvalue weighted by molar-refractivity contribution is 7.89. The van der Waals surface area contributed by atoms with Gasteiger partial charge in [0.1, 0.15) is 5.82 Å². The number of hydrogen-bond acceptors (Lipinski definition) is 5. The summed E-state index contributed by atoms with van der Waals surface area (Å²) in [5.74, 6) is -0.984. The van der Waals surface area contributed by atoms with Gasteiger partial charge in [0.15, 0.2) is 0 Å². The Kier molecular flexibility index (Phi) is 7.25.